The fourth-order valence-corrected chi connectivity index (χ4v) is 4.03. The molecule has 1 amide bonds. The Hall–Kier alpha value is -2.99. The number of ether oxygens (including phenoxy) is 1. The number of hydrogen-bond acceptors (Lipinski definition) is 5. The van der Waals surface area contributed by atoms with Crippen LogP contribution >= 0.6 is 11.6 Å². The number of aryl methyl sites for hydroxylation is 1. The van der Waals surface area contributed by atoms with Gasteiger partial charge in [-0.05, 0) is 61.1 Å². The summed E-state index contributed by atoms with van der Waals surface area (Å²) in [5.74, 6) is 1.11. The lowest BCUT2D eigenvalue weighted by Gasteiger charge is -2.36. The summed E-state index contributed by atoms with van der Waals surface area (Å²) in [4.78, 5) is 26.0. The summed E-state index contributed by atoms with van der Waals surface area (Å²) in [5, 5.41) is 3.78. The van der Waals surface area contributed by atoms with Gasteiger partial charge in [-0.1, -0.05) is 25.4 Å². The molecule has 0 spiro atoms. The highest BCUT2D eigenvalue weighted by Crippen LogP contribution is 2.40. The Kier molecular flexibility index (Phi) is 5.92. The average molecular weight is 437 g/mol. The van der Waals surface area contributed by atoms with Crippen LogP contribution in [-0.2, 0) is 11.2 Å². The first-order valence-electron chi connectivity index (χ1n) is 10.3. The van der Waals surface area contributed by atoms with Crippen LogP contribution in [0, 0.1) is 12.3 Å². The largest absolute Gasteiger partial charge is 0.484 e. The Morgan fingerprint density at radius 2 is 2.03 bits per heavy atom. The van der Waals surface area contributed by atoms with Gasteiger partial charge in [0.25, 0.3) is 5.91 Å². The molecule has 2 heterocycles. The summed E-state index contributed by atoms with van der Waals surface area (Å²) in [7, 11) is 0. The molecular weight excluding hydrogens is 412 g/mol. The van der Waals surface area contributed by atoms with Gasteiger partial charge in [-0.2, -0.15) is 0 Å². The number of pyridine rings is 1. The van der Waals surface area contributed by atoms with Gasteiger partial charge in [-0.25, -0.2) is 9.97 Å². The molecule has 0 radical (unpaired) electrons. The maximum Gasteiger partial charge on any atom is 0.258 e. The summed E-state index contributed by atoms with van der Waals surface area (Å²) in [5.41, 5.74) is 3.77. The molecule has 1 atom stereocenters. The Morgan fingerprint density at radius 1 is 1.26 bits per heavy atom. The van der Waals surface area contributed by atoms with Gasteiger partial charge in [0.2, 0.25) is 0 Å². The van der Waals surface area contributed by atoms with Crippen molar-refractivity contribution in [2.75, 3.05) is 6.61 Å². The highest BCUT2D eigenvalue weighted by molar-refractivity contribution is 6.31. The first-order chi connectivity index (χ1) is 14.8. The highest BCUT2D eigenvalue weighted by Gasteiger charge is 2.34. The number of fused-ring (bicyclic) bond motifs is 1. The fourth-order valence-electron chi connectivity index (χ4n) is 3.91. The Bertz CT molecular complexity index is 1100. The molecule has 7 heteroatoms. The molecule has 1 aliphatic carbocycles. The molecule has 0 fully saturated rings. The van der Waals surface area contributed by atoms with Gasteiger partial charge in [0.1, 0.15) is 5.75 Å². The fraction of sp³-hybridized carbons (Fsp3) is 0.333. The van der Waals surface area contributed by atoms with E-state index in [-0.39, 0.29) is 24.0 Å². The van der Waals surface area contributed by atoms with Gasteiger partial charge in [0.15, 0.2) is 12.4 Å². The summed E-state index contributed by atoms with van der Waals surface area (Å²) in [6.07, 6.45) is 6.93. The van der Waals surface area contributed by atoms with Crippen LogP contribution in [0.5, 0.6) is 5.75 Å². The van der Waals surface area contributed by atoms with E-state index >= 15 is 0 Å². The molecule has 2 aromatic heterocycles. The molecule has 3 aromatic rings. The van der Waals surface area contributed by atoms with Crippen molar-refractivity contribution in [1.29, 1.82) is 0 Å². The number of rotatable bonds is 5. The number of amides is 1. The van der Waals surface area contributed by atoms with Gasteiger partial charge < -0.3 is 10.1 Å². The minimum absolute atomic E-state index is 0.00294. The number of aromatic nitrogens is 3. The van der Waals surface area contributed by atoms with Gasteiger partial charge in [-0.3, -0.25) is 9.78 Å². The summed E-state index contributed by atoms with van der Waals surface area (Å²) >= 11 is 6.05. The second kappa shape index (κ2) is 8.63. The summed E-state index contributed by atoms with van der Waals surface area (Å²) in [6, 6.07) is 8.98. The zero-order valence-electron chi connectivity index (χ0n) is 17.9. The van der Waals surface area contributed by atoms with Crippen molar-refractivity contribution in [3.8, 4) is 17.1 Å². The lowest BCUT2D eigenvalue weighted by atomic mass is 9.74. The van der Waals surface area contributed by atoms with Crippen LogP contribution in [0.1, 0.15) is 43.1 Å². The molecule has 0 bridgehead atoms. The van der Waals surface area contributed by atoms with E-state index in [1.807, 2.05) is 31.3 Å². The Balaban J connectivity index is 1.49. The number of nitrogens with zero attached hydrogens (tertiary/aromatic N) is 3. The SMILES string of the molecule is Cc1cc(OCC(=O)NC2CC(C)(C)Cc3nc(-c4ccncc4)ncc32)ccc1Cl. The average Bonchev–Trinajstić information content (AvgIpc) is 2.74. The van der Waals surface area contributed by atoms with Crippen LogP contribution < -0.4 is 10.1 Å². The van der Waals surface area contributed by atoms with E-state index < -0.39 is 0 Å². The molecule has 6 nitrogen and oxygen atoms in total. The van der Waals surface area contributed by atoms with Crippen LogP contribution in [0.2, 0.25) is 5.02 Å². The van der Waals surface area contributed by atoms with E-state index in [4.69, 9.17) is 21.3 Å². The quantitative estimate of drug-likeness (QED) is 0.626. The number of halogens is 1. The monoisotopic (exact) mass is 436 g/mol. The van der Waals surface area contributed by atoms with Gasteiger partial charge in [-0.15, -0.1) is 0 Å². The molecule has 4 rings (SSSR count). The van der Waals surface area contributed by atoms with E-state index in [9.17, 15) is 4.79 Å². The Labute approximate surface area is 187 Å². The topological polar surface area (TPSA) is 77.0 Å². The van der Waals surface area contributed by atoms with Crippen molar-refractivity contribution in [3.63, 3.8) is 0 Å². The number of hydrogen-bond donors (Lipinski definition) is 1. The molecule has 31 heavy (non-hydrogen) atoms. The van der Waals surface area contributed by atoms with E-state index in [1.54, 1.807) is 24.5 Å². The molecule has 0 saturated carbocycles. The molecule has 1 aliphatic rings. The molecule has 1 unspecified atom stereocenters. The predicted octanol–water partition coefficient (Wildman–Crippen LogP) is 4.71. The second-order valence-corrected chi connectivity index (χ2v) is 9.10. The van der Waals surface area contributed by atoms with Crippen LogP contribution in [0.4, 0.5) is 0 Å². The van der Waals surface area contributed by atoms with Gasteiger partial charge in [0.05, 0.1) is 11.7 Å². The minimum atomic E-state index is -0.181. The summed E-state index contributed by atoms with van der Waals surface area (Å²) < 4.78 is 5.65. The molecule has 160 valence electrons. The van der Waals surface area contributed by atoms with Gasteiger partial charge >= 0.3 is 0 Å². The van der Waals surface area contributed by atoms with E-state index in [0.717, 1.165) is 35.2 Å². The third-order valence-electron chi connectivity index (χ3n) is 5.45. The normalized spacial score (nSPS) is 17.0. The van der Waals surface area contributed by atoms with Crippen molar-refractivity contribution in [3.05, 3.63) is 70.8 Å². The van der Waals surface area contributed by atoms with E-state index in [2.05, 4.69) is 29.1 Å². The maximum absolute atomic E-state index is 12.6. The van der Waals surface area contributed by atoms with E-state index in [0.29, 0.717) is 16.6 Å². The first-order valence-corrected chi connectivity index (χ1v) is 10.6. The Morgan fingerprint density at radius 3 is 2.77 bits per heavy atom. The van der Waals surface area contributed by atoms with Crippen molar-refractivity contribution in [2.45, 2.75) is 39.7 Å². The van der Waals surface area contributed by atoms with Crippen molar-refractivity contribution < 1.29 is 9.53 Å². The molecule has 1 aromatic carbocycles. The minimum Gasteiger partial charge on any atom is -0.484 e. The first kappa shape index (κ1) is 21.2. The molecule has 0 aliphatic heterocycles. The number of nitrogens with one attached hydrogen (secondary N) is 1. The lowest BCUT2D eigenvalue weighted by Crippen LogP contribution is -2.39. The smallest absolute Gasteiger partial charge is 0.258 e. The number of benzene rings is 1. The van der Waals surface area contributed by atoms with Gasteiger partial charge in [0, 0.05) is 34.7 Å². The van der Waals surface area contributed by atoms with Crippen LogP contribution in [-0.4, -0.2) is 27.5 Å². The molecule has 0 saturated heterocycles. The standard InChI is InChI=1S/C24H25ClN4O2/c1-15-10-17(4-5-19(15)25)31-14-22(30)28-20-11-24(2,3)12-21-18(20)13-27-23(29-21)16-6-8-26-9-7-16/h4-10,13,20H,11-12,14H2,1-3H3,(H,28,30). The number of carbonyl (C=O) groups is 1. The maximum atomic E-state index is 12.6. The summed E-state index contributed by atoms with van der Waals surface area (Å²) in [6.45, 7) is 6.21. The van der Waals surface area contributed by atoms with Crippen LogP contribution in [0.15, 0.2) is 48.9 Å². The lowest BCUT2D eigenvalue weighted by molar-refractivity contribution is -0.124. The van der Waals surface area contributed by atoms with Crippen molar-refractivity contribution >= 4 is 17.5 Å². The predicted molar refractivity (Wildman–Crippen MR) is 120 cm³/mol. The van der Waals surface area contributed by atoms with Crippen molar-refractivity contribution in [2.24, 2.45) is 5.41 Å². The molecular formula is C24H25ClN4O2. The zero-order valence-corrected chi connectivity index (χ0v) is 18.6. The van der Waals surface area contributed by atoms with E-state index in [1.165, 1.54) is 0 Å². The van der Waals surface area contributed by atoms with Crippen LogP contribution in [0.3, 0.4) is 0 Å². The highest BCUT2D eigenvalue weighted by atomic mass is 35.5. The number of carbonyl (C=O) groups excluding carboxylic acids is 1. The second-order valence-electron chi connectivity index (χ2n) is 8.70. The molecule has 1 N–H and O–H groups in total. The van der Waals surface area contributed by atoms with Crippen LogP contribution in [0.25, 0.3) is 11.4 Å². The van der Waals surface area contributed by atoms with Crippen molar-refractivity contribution in [1.82, 2.24) is 20.3 Å². The third kappa shape index (κ3) is 5.02. The zero-order chi connectivity index (χ0) is 22.0. The third-order valence-corrected chi connectivity index (χ3v) is 5.88.